The third-order valence-electron chi connectivity index (χ3n) is 5.21. The standard InChI is InChI=1S/C25H29NO4/c1-16(2)26-22-7-5-4-6-21(22)25(18-10-8-17(3)9-11-18)23(26)13-12-19(27)14-20(28)15-24(29)30/h4-13,16,19-20,27-28H,14-15H2,1-3H3,(H,29,30)/b13-12+/t19-,20-/m0/s1. The van der Waals surface area contributed by atoms with E-state index in [1.54, 1.807) is 6.08 Å². The Bertz CT molecular complexity index is 1050. The number of benzene rings is 2. The number of hydrogen-bond acceptors (Lipinski definition) is 3. The Morgan fingerprint density at radius 1 is 1.07 bits per heavy atom. The molecule has 0 aliphatic rings. The van der Waals surface area contributed by atoms with Crippen molar-refractivity contribution in [3.05, 3.63) is 65.9 Å². The predicted molar refractivity (Wildman–Crippen MR) is 120 cm³/mol. The second-order valence-corrected chi connectivity index (χ2v) is 8.02. The van der Waals surface area contributed by atoms with E-state index in [2.05, 4.69) is 61.7 Å². The lowest BCUT2D eigenvalue weighted by Gasteiger charge is -2.15. The van der Waals surface area contributed by atoms with Crippen LogP contribution in [0.25, 0.3) is 28.1 Å². The van der Waals surface area contributed by atoms with Gasteiger partial charge < -0.3 is 19.9 Å². The van der Waals surface area contributed by atoms with Gasteiger partial charge in [-0.15, -0.1) is 0 Å². The molecule has 0 spiro atoms. The lowest BCUT2D eigenvalue weighted by molar-refractivity contribution is -0.139. The van der Waals surface area contributed by atoms with E-state index >= 15 is 0 Å². The van der Waals surface area contributed by atoms with E-state index < -0.39 is 18.2 Å². The monoisotopic (exact) mass is 407 g/mol. The molecule has 2 atom stereocenters. The smallest absolute Gasteiger partial charge is 0.305 e. The fraction of sp³-hybridized carbons (Fsp3) is 0.320. The first-order chi connectivity index (χ1) is 14.3. The molecule has 3 N–H and O–H groups in total. The number of aryl methyl sites for hydroxylation is 1. The maximum Gasteiger partial charge on any atom is 0.305 e. The van der Waals surface area contributed by atoms with E-state index in [4.69, 9.17) is 5.11 Å². The summed E-state index contributed by atoms with van der Waals surface area (Å²) in [6.45, 7) is 6.30. The molecule has 5 heteroatoms. The molecule has 0 saturated heterocycles. The zero-order valence-corrected chi connectivity index (χ0v) is 17.6. The molecule has 1 aromatic heterocycles. The minimum absolute atomic E-state index is 0.0232. The highest BCUT2D eigenvalue weighted by molar-refractivity contribution is 6.01. The second-order valence-electron chi connectivity index (χ2n) is 8.02. The van der Waals surface area contributed by atoms with Crippen molar-refractivity contribution in [3.8, 4) is 11.1 Å². The van der Waals surface area contributed by atoms with Gasteiger partial charge in [0.15, 0.2) is 0 Å². The Morgan fingerprint density at radius 2 is 1.73 bits per heavy atom. The number of aliphatic hydroxyl groups excluding tert-OH is 2. The highest BCUT2D eigenvalue weighted by Gasteiger charge is 2.19. The lowest BCUT2D eigenvalue weighted by atomic mass is 10.00. The summed E-state index contributed by atoms with van der Waals surface area (Å²) in [6, 6.07) is 16.8. The van der Waals surface area contributed by atoms with Gasteiger partial charge in [-0.25, -0.2) is 0 Å². The average molecular weight is 408 g/mol. The molecule has 0 aliphatic carbocycles. The quantitative estimate of drug-likeness (QED) is 0.501. The van der Waals surface area contributed by atoms with Crippen LogP contribution in [-0.4, -0.2) is 38.1 Å². The molecule has 0 amide bonds. The summed E-state index contributed by atoms with van der Waals surface area (Å²) in [5.41, 5.74) is 5.46. The number of carboxylic acid groups (broad SMARTS) is 1. The predicted octanol–water partition coefficient (Wildman–Crippen LogP) is 4.80. The van der Waals surface area contributed by atoms with Crippen LogP contribution >= 0.6 is 0 Å². The van der Waals surface area contributed by atoms with Crippen LogP contribution in [0.5, 0.6) is 0 Å². The molecule has 158 valence electrons. The van der Waals surface area contributed by atoms with Gasteiger partial charge in [0.05, 0.1) is 18.6 Å². The fourth-order valence-electron chi connectivity index (χ4n) is 3.87. The first kappa shape index (κ1) is 21.8. The number of nitrogens with zero attached hydrogens (tertiary/aromatic N) is 1. The van der Waals surface area contributed by atoms with Crippen LogP contribution in [-0.2, 0) is 4.79 Å². The number of aliphatic hydroxyl groups is 2. The summed E-state index contributed by atoms with van der Waals surface area (Å²) in [6.07, 6.45) is 1.08. The molecule has 3 aromatic rings. The molecular formula is C25H29NO4. The first-order valence-corrected chi connectivity index (χ1v) is 10.2. The summed E-state index contributed by atoms with van der Waals surface area (Å²) in [5.74, 6) is -1.08. The number of para-hydroxylation sites is 1. The van der Waals surface area contributed by atoms with Gasteiger partial charge in [-0.2, -0.15) is 0 Å². The molecular weight excluding hydrogens is 378 g/mol. The van der Waals surface area contributed by atoms with E-state index in [1.807, 2.05) is 18.2 Å². The van der Waals surface area contributed by atoms with Gasteiger partial charge in [0, 0.05) is 34.6 Å². The van der Waals surface area contributed by atoms with Crippen LogP contribution in [0.15, 0.2) is 54.6 Å². The van der Waals surface area contributed by atoms with Crippen LogP contribution in [0.4, 0.5) is 0 Å². The van der Waals surface area contributed by atoms with Gasteiger partial charge >= 0.3 is 5.97 Å². The third kappa shape index (κ3) is 4.81. The van der Waals surface area contributed by atoms with Gasteiger partial charge in [-0.1, -0.05) is 54.1 Å². The summed E-state index contributed by atoms with van der Waals surface area (Å²) in [7, 11) is 0. The van der Waals surface area contributed by atoms with Gasteiger partial charge in [0.25, 0.3) is 0 Å². The molecule has 30 heavy (non-hydrogen) atoms. The minimum Gasteiger partial charge on any atom is -0.481 e. The average Bonchev–Trinajstić information content (AvgIpc) is 3.00. The number of aliphatic carboxylic acids is 1. The molecule has 0 fully saturated rings. The Kier molecular flexibility index (Phi) is 6.75. The molecule has 0 saturated carbocycles. The van der Waals surface area contributed by atoms with Gasteiger partial charge in [0.2, 0.25) is 0 Å². The molecule has 3 rings (SSSR count). The number of fused-ring (bicyclic) bond motifs is 1. The highest BCUT2D eigenvalue weighted by Crippen LogP contribution is 2.38. The molecule has 2 aromatic carbocycles. The third-order valence-corrected chi connectivity index (χ3v) is 5.21. The highest BCUT2D eigenvalue weighted by atomic mass is 16.4. The largest absolute Gasteiger partial charge is 0.481 e. The lowest BCUT2D eigenvalue weighted by Crippen LogP contribution is -2.19. The van der Waals surface area contributed by atoms with Crippen molar-refractivity contribution < 1.29 is 20.1 Å². The van der Waals surface area contributed by atoms with E-state index in [-0.39, 0.29) is 18.9 Å². The molecule has 0 radical (unpaired) electrons. The van der Waals surface area contributed by atoms with Crippen LogP contribution in [0.2, 0.25) is 0 Å². The summed E-state index contributed by atoms with van der Waals surface area (Å²) >= 11 is 0. The fourth-order valence-corrected chi connectivity index (χ4v) is 3.87. The van der Waals surface area contributed by atoms with E-state index in [0.29, 0.717) is 0 Å². The van der Waals surface area contributed by atoms with Crippen LogP contribution in [0.1, 0.15) is 44.0 Å². The van der Waals surface area contributed by atoms with Crippen LogP contribution in [0, 0.1) is 6.92 Å². The van der Waals surface area contributed by atoms with Crippen molar-refractivity contribution in [1.82, 2.24) is 4.57 Å². The topological polar surface area (TPSA) is 82.7 Å². The number of rotatable bonds is 8. The van der Waals surface area contributed by atoms with Gasteiger partial charge in [-0.05, 0) is 38.5 Å². The molecule has 0 bridgehead atoms. The SMILES string of the molecule is Cc1ccc(-c2c(/C=C/[C@H](O)C[C@H](O)CC(=O)O)n(C(C)C)c3ccccc23)cc1. The summed E-state index contributed by atoms with van der Waals surface area (Å²) in [5, 5.41) is 30.1. The van der Waals surface area contributed by atoms with Crippen molar-refractivity contribution in [2.45, 2.75) is 51.9 Å². The molecule has 1 heterocycles. The van der Waals surface area contributed by atoms with Crippen LogP contribution < -0.4 is 0 Å². The number of hydrogen-bond donors (Lipinski definition) is 3. The Morgan fingerprint density at radius 3 is 2.37 bits per heavy atom. The minimum atomic E-state index is -1.09. The van der Waals surface area contributed by atoms with Crippen molar-refractivity contribution in [1.29, 1.82) is 0 Å². The maximum atomic E-state index is 10.8. The zero-order valence-electron chi connectivity index (χ0n) is 17.6. The van der Waals surface area contributed by atoms with Crippen molar-refractivity contribution >= 4 is 22.9 Å². The first-order valence-electron chi connectivity index (χ1n) is 10.2. The van der Waals surface area contributed by atoms with Gasteiger partial charge in [-0.3, -0.25) is 4.79 Å². The maximum absolute atomic E-state index is 10.8. The number of carbonyl (C=O) groups is 1. The Hall–Kier alpha value is -2.89. The van der Waals surface area contributed by atoms with Crippen LogP contribution in [0.3, 0.4) is 0 Å². The normalized spacial score (nSPS) is 13.9. The van der Waals surface area contributed by atoms with E-state index in [0.717, 1.165) is 27.7 Å². The zero-order chi connectivity index (χ0) is 21.8. The van der Waals surface area contributed by atoms with E-state index in [9.17, 15) is 15.0 Å². The van der Waals surface area contributed by atoms with E-state index in [1.165, 1.54) is 5.56 Å². The van der Waals surface area contributed by atoms with Crippen molar-refractivity contribution in [2.24, 2.45) is 0 Å². The molecule has 0 unspecified atom stereocenters. The van der Waals surface area contributed by atoms with Gasteiger partial charge in [0.1, 0.15) is 0 Å². The van der Waals surface area contributed by atoms with Crippen molar-refractivity contribution in [2.75, 3.05) is 0 Å². The van der Waals surface area contributed by atoms with Crippen molar-refractivity contribution in [3.63, 3.8) is 0 Å². The molecule has 5 nitrogen and oxygen atoms in total. The summed E-state index contributed by atoms with van der Waals surface area (Å²) in [4.78, 5) is 10.8. The number of carboxylic acids is 1. The Balaban J connectivity index is 2.08. The summed E-state index contributed by atoms with van der Waals surface area (Å²) < 4.78 is 2.24. The number of aromatic nitrogens is 1. The Labute approximate surface area is 176 Å². The molecule has 0 aliphatic heterocycles. The second kappa shape index (κ2) is 9.28.